The van der Waals surface area contributed by atoms with Gasteiger partial charge in [0.25, 0.3) is 0 Å². The van der Waals surface area contributed by atoms with E-state index in [0.29, 0.717) is 0 Å². The van der Waals surface area contributed by atoms with Crippen molar-refractivity contribution >= 4 is 43.6 Å². The fraction of sp³-hybridized carbons (Fsp3) is 0. The molecule has 0 aromatic carbocycles. The summed E-state index contributed by atoms with van der Waals surface area (Å²) in [7, 11) is 0. The molecule has 29 valence electrons. The van der Waals surface area contributed by atoms with Gasteiger partial charge in [0, 0.05) is 0 Å². The number of hydrogen-bond donors (Lipinski definition) is 1. The van der Waals surface area contributed by atoms with E-state index in [9.17, 15) is 9.59 Å². The molecular weight excluding hydrogens is 112 g/mol. The van der Waals surface area contributed by atoms with Crippen molar-refractivity contribution in [3.05, 3.63) is 0 Å². The monoisotopic (exact) mass is 113 g/mol. The van der Waals surface area contributed by atoms with Gasteiger partial charge >= 0.3 is 58.3 Å². The minimum absolute atomic E-state index is 0.204. The molecule has 0 atom stereocenters. The third-order valence-electron chi connectivity index (χ3n) is 0.239. The van der Waals surface area contributed by atoms with E-state index in [1.54, 1.807) is 0 Å². The number of carbonyl (C=O) groups is 2. The van der Waals surface area contributed by atoms with Crippen molar-refractivity contribution in [2.75, 3.05) is 0 Å². The first-order valence-corrected chi connectivity index (χ1v) is 2.34. The van der Waals surface area contributed by atoms with Crippen LogP contribution in [0.4, 0.5) is 0 Å². The SMILES string of the molecule is O=C(O)[C](=O)[Ca]. The van der Waals surface area contributed by atoms with E-state index in [0.717, 1.165) is 0 Å². The predicted molar refractivity (Wildman–Crippen MR) is 18.4 cm³/mol. The molecule has 1 N–H and O–H groups in total. The maximum absolute atomic E-state index is 9.60. The Morgan fingerprint density at radius 2 is 1.67 bits per heavy atom. The Labute approximate surface area is 58.0 Å². The standard InChI is InChI=1S/C2HO3.Ca/c3-1-2(4)5;/h(H,4,5);. The summed E-state index contributed by atoms with van der Waals surface area (Å²) < 4.78 is -0.699. The molecule has 0 aliphatic rings. The molecule has 0 spiro atoms. The minimum atomic E-state index is -1.32. The summed E-state index contributed by atoms with van der Waals surface area (Å²) in [6, 6.07) is 0. The number of carboxylic acid groups (broad SMARTS) is 1. The van der Waals surface area contributed by atoms with Crippen LogP contribution in [-0.2, 0) is 9.59 Å². The van der Waals surface area contributed by atoms with Gasteiger partial charge in [-0.15, -0.1) is 0 Å². The predicted octanol–water partition coefficient (Wildman–Crippen LogP) is -1.23. The Hall–Kier alpha value is 0.400. The van der Waals surface area contributed by atoms with Crippen LogP contribution in [0.1, 0.15) is 0 Å². The van der Waals surface area contributed by atoms with Crippen molar-refractivity contribution in [2.45, 2.75) is 0 Å². The molecule has 0 fully saturated rings. The summed E-state index contributed by atoms with van der Waals surface area (Å²) in [6.07, 6.45) is 0. The molecule has 0 saturated carbocycles. The molecule has 4 heteroatoms. The third-order valence-corrected chi connectivity index (χ3v) is 0.711. The van der Waals surface area contributed by atoms with Crippen LogP contribution in [0.3, 0.4) is 0 Å². The molecule has 0 aromatic heterocycles. The van der Waals surface area contributed by atoms with Gasteiger partial charge in [0.2, 0.25) is 0 Å². The van der Waals surface area contributed by atoms with Crippen molar-refractivity contribution in [1.29, 1.82) is 0 Å². The van der Waals surface area contributed by atoms with Gasteiger partial charge in [0.15, 0.2) is 0 Å². The zero-order valence-corrected chi connectivity index (χ0v) is 5.18. The van der Waals surface area contributed by atoms with Crippen molar-refractivity contribution in [3.63, 3.8) is 0 Å². The summed E-state index contributed by atoms with van der Waals surface area (Å²) in [5, 5.41) is 7.67. The van der Waals surface area contributed by atoms with E-state index in [4.69, 9.17) is 5.11 Å². The summed E-state index contributed by atoms with van der Waals surface area (Å²) in [4.78, 5) is 19.0. The molecular formula is C2HCaO3. The first-order chi connectivity index (χ1) is 2.64. The first kappa shape index (κ1) is 6.40. The van der Waals surface area contributed by atoms with Gasteiger partial charge in [-0.25, -0.2) is 0 Å². The van der Waals surface area contributed by atoms with E-state index >= 15 is 0 Å². The van der Waals surface area contributed by atoms with Crippen LogP contribution in [0.2, 0.25) is 0 Å². The summed E-state index contributed by atoms with van der Waals surface area (Å²) >= 11 is 0.204. The van der Waals surface area contributed by atoms with Crippen molar-refractivity contribution < 1.29 is 14.7 Å². The second-order valence-electron chi connectivity index (χ2n) is 0.728. The van der Waals surface area contributed by atoms with Crippen LogP contribution in [0.5, 0.6) is 0 Å². The van der Waals surface area contributed by atoms with Crippen LogP contribution in [-0.4, -0.2) is 48.7 Å². The summed E-state index contributed by atoms with van der Waals surface area (Å²) in [5.74, 6) is -1.32. The van der Waals surface area contributed by atoms with Gasteiger partial charge in [0.05, 0.1) is 0 Å². The summed E-state index contributed by atoms with van der Waals surface area (Å²) in [6.45, 7) is 0. The van der Waals surface area contributed by atoms with E-state index in [1.165, 1.54) is 0 Å². The number of carbonyl (C=O) groups excluding carboxylic acids is 1. The van der Waals surface area contributed by atoms with Gasteiger partial charge in [0.1, 0.15) is 0 Å². The fourth-order valence-corrected chi connectivity index (χ4v) is 0. The molecule has 0 aliphatic carbocycles. The third kappa shape index (κ3) is 2.63. The van der Waals surface area contributed by atoms with Crippen LogP contribution < -0.4 is 0 Å². The zero-order valence-electron chi connectivity index (χ0n) is 2.97. The zero-order chi connectivity index (χ0) is 5.15. The molecule has 0 aromatic rings. The molecule has 0 saturated heterocycles. The van der Waals surface area contributed by atoms with Gasteiger partial charge in [-0.3, -0.25) is 0 Å². The number of rotatable bonds is 1. The molecule has 0 aliphatic heterocycles. The molecule has 3 nitrogen and oxygen atoms in total. The normalized spacial score (nSPS) is 7.17. The van der Waals surface area contributed by atoms with E-state index in [1.807, 2.05) is 0 Å². The van der Waals surface area contributed by atoms with Crippen molar-refractivity contribution in [2.24, 2.45) is 0 Å². The number of carboxylic acids is 1. The summed E-state index contributed by atoms with van der Waals surface area (Å²) in [5.41, 5.74) is 0. The van der Waals surface area contributed by atoms with Gasteiger partial charge < -0.3 is 0 Å². The quantitative estimate of drug-likeness (QED) is 0.342. The Balaban J connectivity index is 3.57. The number of hydrogen-bond acceptors (Lipinski definition) is 2. The topological polar surface area (TPSA) is 54.4 Å². The van der Waals surface area contributed by atoms with Gasteiger partial charge in [-0.05, 0) is 0 Å². The van der Waals surface area contributed by atoms with E-state index in [2.05, 4.69) is 0 Å². The van der Waals surface area contributed by atoms with Gasteiger partial charge in [-0.1, -0.05) is 0 Å². The van der Waals surface area contributed by atoms with Crippen LogP contribution in [0, 0.1) is 0 Å². The van der Waals surface area contributed by atoms with Crippen LogP contribution in [0.25, 0.3) is 0 Å². The molecule has 0 unspecified atom stereocenters. The van der Waals surface area contributed by atoms with Crippen molar-refractivity contribution in [3.8, 4) is 0 Å². The average Bonchev–Trinajstić information content (AvgIpc) is 1.36. The fourth-order valence-electron chi connectivity index (χ4n) is 0. The Morgan fingerprint density at radius 3 is 1.67 bits per heavy atom. The molecule has 0 bridgehead atoms. The van der Waals surface area contributed by atoms with Gasteiger partial charge in [-0.2, -0.15) is 0 Å². The Morgan fingerprint density at radius 1 is 1.50 bits per heavy atom. The second kappa shape index (κ2) is 2.55. The van der Waals surface area contributed by atoms with E-state index in [-0.39, 0.29) is 35.8 Å². The Bertz CT molecular complexity index is 74.8. The number of aliphatic carboxylic acids is 1. The van der Waals surface area contributed by atoms with Crippen LogP contribution in [0.15, 0.2) is 0 Å². The molecule has 0 amide bonds. The van der Waals surface area contributed by atoms with Crippen LogP contribution >= 0.6 is 0 Å². The van der Waals surface area contributed by atoms with Crippen molar-refractivity contribution in [1.82, 2.24) is 0 Å². The molecule has 0 rings (SSSR count). The average molecular weight is 113 g/mol. The molecule has 1 radical (unpaired) electrons. The molecule has 0 heterocycles. The van der Waals surface area contributed by atoms with E-state index < -0.39 is 7.85 Å². The second-order valence-corrected chi connectivity index (χ2v) is 1.73. The first-order valence-electron chi connectivity index (χ1n) is 1.24. The maximum atomic E-state index is 9.60. The Kier molecular flexibility index (Phi) is 2.72. The molecule has 6 heavy (non-hydrogen) atoms.